The molecular formula is C42H62O8. The zero-order chi connectivity index (χ0) is 35.1. The van der Waals surface area contributed by atoms with Crippen LogP contribution in [0.5, 0.6) is 0 Å². The van der Waals surface area contributed by atoms with E-state index in [2.05, 4.69) is 51.1 Å². The van der Waals surface area contributed by atoms with Gasteiger partial charge in [-0.2, -0.15) is 0 Å². The van der Waals surface area contributed by atoms with E-state index in [0.717, 1.165) is 95.2 Å². The van der Waals surface area contributed by atoms with Crippen molar-refractivity contribution in [3.05, 3.63) is 71.0 Å². The standard InChI is InChI=1S/C42H62O8/c1-30(2)13-11-14-31(3)15-12-18-37(49-40-19-7-9-21-47-40)42-36-24-33(23-34(36)25-38(42)50-41-20-8-10-22-48-41)35(28-46-29-39(43)44)27-45-26-32-16-5-4-6-17-32/h4-6,13,16-18,24,31,34-36,38,40-42H,7-12,14-15,19-23,25-29H2,1-3H3,(H,43,44)/t31-,34?,35?,36?,38-,40?,41?,42+/m1/s1. The van der Waals surface area contributed by atoms with Gasteiger partial charge in [-0.05, 0) is 114 Å². The number of fused-ring (bicyclic) bond motifs is 1. The largest absolute Gasteiger partial charge is 0.480 e. The third-order valence-corrected chi connectivity index (χ3v) is 10.7. The van der Waals surface area contributed by atoms with E-state index < -0.39 is 5.97 Å². The summed E-state index contributed by atoms with van der Waals surface area (Å²) in [5.74, 6) is 1.33. The zero-order valence-corrected chi connectivity index (χ0v) is 30.8. The third-order valence-electron chi connectivity index (χ3n) is 10.7. The molecule has 2 aliphatic carbocycles. The number of hydrogen-bond donors (Lipinski definition) is 1. The first kappa shape index (κ1) is 38.7. The van der Waals surface area contributed by atoms with Gasteiger partial charge in [0.1, 0.15) is 12.4 Å². The predicted molar refractivity (Wildman–Crippen MR) is 194 cm³/mol. The molecule has 2 heterocycles. The summed E-state index contributed by atoms with van der Waals surface area (Å²) in [4.78, 5) is 11.3. The van der Waals surface area contributed by atoms with Crippen LogP contribution in [0.25, 0.3) is 0 Å². The van der Waals surface area contributed by atoms with E-state index in [9.17, 15) is 9.90 Å². The Bertz CT molecular complexity index is 1240. The summed E-state index contributed by atoms with van der Waals surface area (Å²) < 4.78 is 37.9. The van der Waals surface area contributed by atoms with Crippen LogP contribution in [-0.2, 0) is 39.8 Å². The number of carboxylic acids is 1. The maximum Gasteiger partial charge on any atom is 0.329 e. The van der Waals surface area contributed by atoms with E-state index >= 15 is 0 Å². The van der Waals surface area contributed by atoms with Crippen molar-refractivity contribution < 1.29 is 38.3 Å². The fourth-order valence-electron chi connectivity index (χ4n) is 8.02. The summed E-state index contributed by atoms with van der Waals surface area (Å²) in [7, 11) is 0. The molecule has 50 heavy (non-hydrogen) atoms. The van der Waals surface area contributed by atoms with Gasteiger partial charge in [0, 0.05) is 24.9 Å². The van der Waals surface area contributed by atoms with Gasteiger partial charge < -0.3 is 33.5 Å². The van der Waals surface area contributed by atoms with E-state index in [4.69, 9.17) is 28.4 Å². The van der Waals surface area contributed by atoms with Gasteiger partial charge in [-0.1, -0.05) is 60.6 Å². The minimum absolute atomic E-state index is 0.00753. The Hall–Kier alpha value is -2.49. The second-order valence-electron chi connectivity index (χ2n) is 15.2. The molecule has 1 N–H and O–H groups in total. The van der Waals surface area contributed by atoms with E-state index in [1.807, 2.05) is 18.2 Å². The maximum absolute atomic E-state index is 11.3. The number of aliphatic carboxylic acids is 1. The van der Waals surface area contributed by atoms with Crippen molar-refractivity contribution in [2.45, 2.75) is 123 Å². The number of carbonyl (C=O) groups is 1. The zero-order valence-electron chi connectivity index (χ0n) is 30.8. The maximum atomic E-state index is 11.3. The molecule has 8 atom stereocenters. The molecule has 0 bridgehead atoms. The van der Waals surface area contributed by atoms with Gasteiger partial charge in [0.15, 0.2) is 12.6 Å². The van der Waals surface area contributed by atoms with Crippen LogP contribution in [-0.4, -0.2) is 62.8 Å². The van der Waals surface area contributed by atoms with Crippen LogP contribution in [0, 0.1) is 29.6 Å². The summed E-state index contributed by atoms with van der Waals surface area (Å²) in [6.45, 7) is 9.15. The molecule has 0 aromatic heterocycles. The highest BCUT2D eigenvalue weighted by atomic mass is 16.7. The molecule has 1 saturated carbocycles. The Morgan fingerprint density at radius 1 is 0.940 bits per heavy atom. The van der Waals surface area contributed by atoms with E-state index in [1.165, 1.54) is 17.6 Å². The van der Waals surface area contributed by atoms with Gasteiger partial charge in [0.25, 0.3) is 0 Å². The second-order valence-corrected chi connectivity index (χ2v) is 15.2. The third kappa shape index (κ3) is 12.3. The molecule has 0 amide bonds. The van der Waals surface area contributed by atoms with Crippen molar-refractivity contribution in [1.82, 2.24) is 0 Å². The molecule has 4 aliphatic rings. The molecule has 8 heteroatoms. The van der Waals surface area contributed by atoms with Crippen LogP contribution in [0.4, 0.5) is 0 Å². The van der Waals surface area contributed by atoms with Crippen LogP contribution < -0.4 is 0 Å². The first-order chi connectivity index (χ1) is 24.4. The molecule has 1 aromatic rings. The number of carboxylic acid groups (broad SMARTS) is 1. The molecule has 5 unspecified atom stereocenters. The summed E-state index contributed by atoms with van der Waals surface area (Å²) >= 11 is 0. The molecule has 1 aromatic carbocycles. The van der Waals surface area contributed by atoms with E-state index in [-0.39, 0.29) is 43.0 Å². The summed E-state index contributed by atoms with van der Waals surface area (Å²) in [6, 6.07) is 10.1. The molecular weight excluding hydrogens is 632 g/mol. The summed E-state index contributed by atoms with van der Waals surface area (Å²) in [6.07, 6.45) is 19.1. The molecule has 5 rings (SSSR count). The lowest BCUT2D eigenvalue weighted by Gasteiger charge is -2.33. The quantitative estimate of drug-likeness (QED) is 0.107. The fraction of sp³-hybridized carbons (Fsp3) is 0.690. The van der Waals surface area contributed by atoms with Crippen LogP contribution in [0.3, 0.4) is 0 Å². The lowest BCUT2D eigenvalue weighted by Crippen LogP contribution is -2.34. The van der Waals surface area contributed by atoms with Crippen LogP contribution in [0.1, 0.15) is 103 Å². The van der Waals surface area contributed by atoms with Crippen LogP contribution in [0.2, 0.25) is 0 Å². The summed E-state index contributed by atoms with van der Waals surface area (Å²) in [5.41, 5.74) is 3.78. The molecule has 2 aliphatic heterocycles. The number of hydrogen-bond acceptors (Lipinski definition) is 7. The monoisotopic (exact) mass is 694 g/mol. The number of benzene rings is 1. The SMILES string of the molecule is CC(C)=CCC[C@@H](C)CCC=C(OC1CCCCO1)[C@@H]1C2C=C(C(COCC(=O)O)COCc3ccccc3)CC2C[C@H]1OC1CCCCO1. The molecule has 3 fully saturated rings. The fourth-order valence-corrected chi connectivity index (χ4v) is 8.02. The normalized spacial score (nSPS) is 28.1. The molecule has 0 spiro atoms. The van der Waals surface area contributed by atoms with Gasteiger partial charge in [0.2, 0.25) is 0 Å². The van der Waals surface area contributed by atoms with Crippen molar-refractivity contribution in [3.63, 3.8) is 0 Å². The Morgan fingerprint density at radius 3 is 2.32 bits per heavy atom. The Morgan fingerprint density at radius 2 is 1.64 bits per heavy atom. The van der Waals surface area contributed by atoms with Crippen molar-refractivity contribution >= 4 is 5.97 Å². The highest BCUT2D eigenvalue weighted by Crippen LogP contribution is 2.52. The highest BCUT2D eigenvalue weighted by molar-refractivity contribution is 5.68. The lowest BCUT2D eigenvalue weighted by molar-refractivity contribution is -0.200. The van der Waals surface area contributed by atoms with Gasteiger partial charge in [-0.25, -0.2) is 4.79 Å². The second kappa shape index (κ2) is 20.5. The Kier molecular flexibility index (Phi) is 15.9. The lowest BCUT2D eigenvalue weighted by atomic mass is 9.89. The minimum Gasteiger partial charge on any atom is -0.480 e. The predicted octanol–water partition coefficient (Wildman–Crippen LogP) is 9.00. The minimum atomic E-state index is -0.959. The molecule has 278 valence electrons. The van der Waals surface area contributed by atoms with Crippen molar-refractivity contribution in [1.29, 1.82) is 0 Å². The smallest absolute Gasteiger partial charge is 0.329 e. The molecule has 0 radical (unpaired) electrons. The van der Waals surface area contributed by atoms with Crippen molar-refractivity contribution in [3.8, 4) is 0 Å². The summed E-state index contributed by atoms with van der Waals surface area (Å²) in [5, 5.41) is 9.28. The number of rotatable bonds is 20. The topological polar surface area (TPSA) is 92.7 Å². The van der Waals surface area contributed by atoms with Crippen molar-refractivity contribution in [2.75, 3.05) is 33.0 Å². The number of allylic oxidation sites excluding steroid dienone is 4. The van der Waals surface area contributed by atoms with Crippen LogP contribution in [0.15, 0.2) is 65.5 Å². The van der Waals surface area contributed by atoms with E-state index in [1.54, 1.807) is 0 Å². The van der Waals surface area contributed by atoms with Gasteiger partial charge >= 0.3 is 5.97 Å². The van der Waals surface area contributed by atoms with Gasteiger partial charge in [-0.15, -0.1) is 0 Å². The average molecular weight is 695 g/mol. The first-order valence-electron chi connectivity index (χ1n) is 19.4. The van der Waals surface area contributed by atoms with Crippen LogP contribution >= 0.6 is 0 Å². The molecule has 8 nitrogen and oxygen atoms in total. The Labute approximate surface area is 300 Å². The van der Waals surface area contributed by atoms with Gasteiger partial charge in [-0.3, -0.25) is 0 Å². The Balaban J connectivity index is 1.36. The average Bonchev–Trinajstić information content (AvgIpc) is 3.66. The molecule has 2 saturated heterocycles. The number of ether oxygens (including phenoxy) is 6. The van der Waals surface area contributed by atoms with Crippen molar-refractivity contribution in [2.24, 2.45) is 29.6 Å². The highest BCUT2D eigenvalue weighted by Gasteiger charge is 2.50. The van der Waals surface area contributed by atoms with E-state index in [0.29, 0.717) is 31.7 Å². The first-order valence-corrected chi connectivity index (χ1v) is 19.4. The van der Waals surface area contributed by atoms with Gasteiger partial charge in [0.05, 0.1) is 32.5 Å².